The minimum Gasteiger partial charge on any atom is -0.490 e. The van der Waals surface area contributed by atoms with Crippen LogP contribution in [-0.4, -0.2) is 19.1 Å². The molecule has 0 aromatic heterocycles. The summed E-state index contributed by atoms with van der Waals surface area (Å²) < 4.78 is 48.9. The molecule has 2 aromatic carbocycles. The van der Waals surface area contributed by atoms with Gasteiger partial charge >= 0.3 is 6.18 Å². The lowest BCUT2D eigenvalue weighted by Gasteiger charge is -2.18. The molecule has 2 rings (SSSR count). The molecule has 0 radical (unpaired) electrons. The molecule has 1 amide bonds. The van der Waals surface area contributed by atoms with Crippen LogP contribution in [0.3, 0.4) is 0 Å². The molecule has 0 bridgehead atoms. The van der Waals surface area contributed by atoms with Crippen molar-refractivity contribution in [3.8, 4) is 11.5 Å². The highest BCUT2D eigenvalue weighted by molar-refractivity contribution is 5.94. The van der Waals surface area contributed by atoms with Crippen molar-refractivity contribution in [2.45, 2.75) is 33.0 Å². The standard InChI is InChI=1S/C20H22F3NO3/c1-4-26-17-11-8-15(12-18(17)27-5-2)13(3)24-19(25)14-6-9-16(10-7-14)20(21,22)23/h6-13H,4-5H2,1-3H3,(H,24,25)/t13-/m1/s1. The Morgan fingerprint density at radius 1 is 1.00 bits per heavy atom. The summed E-state index contributed by atoms with van der Waals surface area (Å²) in [6.07, 6.45) is -4.43. The topological polar surface area (TPSA) is 47.6 Å². The summed E-state index contributed by atoms with van der Waals surface area (Å²) in [6, 6.07) is 9.10. The lowest BCUT2D eigenvalue weighted by atomic mass is 10.1. The molecule has 0 saturated carbocycles. The Morgan fingerprint density at radius 3 is 2.15 bits per heavy atom. The molecule has 0 heterocycles. The minimum atomic E-state index is -4.43. The van der Waals surface area contributed by atoms with Crippen LogP contribution in [0.4, 0.5) is 13.2 Å². The number of hydrogen-bond donors (Lipinski definition) is 1. The Bertz CT molecular complexity index is 773. The van der Waals surface area contributed by atoms with E-state index in [1.165, 1.54) is 0 Å². The van der Waals surface area contributed by atoms with Crippen molar-refractivity contribution in [2.24, 2.45) is 0 Å². The average molecular weight is 381 g/mol. The number of carbonyl (C=O) groups excluding carboxylic acids is 1. The highest BCUT2D eigenvalue weighted by Gasteiger charge is 2.30. The lowest BCUT2D eigenvalue weighted by molar-refractivity contribution is -0.137. The van der Waals surface area contributed by atoms with Gasteiger partial charge < -0.3 is 14.8 Å². The van der Waals surface area contributed by atoms with Crippen molar-refractivity contribution in [1.82, 2.24) is 5.32 Å². The Hall–Kier alpha value is -2.70. The Morgan fingerprint density at radius 2 is 1.59 bits per heavy atom. The van der Waals surface area contributed by atoms with Gasteiger partial charge in [-0.25, -0.2) is 0 Å². The first kappa shape index (κ1) is 20.6. The smallest absolute Gasteiger partial charge is 0.416 e. The molecule has 0 spiro atoms. The first-order chi connectivity index (χ1) is 12.8. The van der Waals surface area contributed by atoms with E-state index in [9.17, 15) is 18.0 Å². The van der Waals surface area contributed by atoms with Crippen LogP contribution < -0.4 is 14.8 Å². The van der Waals surface area contributed by atoms with E-state index in [1.54, 1.807) is 19.1 Å². The molecule has 0 saturated heterocycles. The van der Waals surface area contributed by atoms with Crippen molar-refractivity contribution in [3.63, 3.8) is 0 Å². The minimum absolute atomic E-state index is 0.158. The SMILES string of the molecule is CCOc1ccc([C@@H](C)NC(=O)c2ccc(C(F)(F)F)cc2)cc1OCC. The van der Waals surface area contributed by atoms with E-state index in [0.29, 0.717) is 24.7 Å². The van der Waals surface area contributed by atoms with Crippen LogP contribution in [-0.2, 0) is 6.18 Å². The lowest BCUT2D eigenvalue weighted by Crippen LogP contribution is -2.26. The summed E-state index contributed by atoms with van der Waals surface area (Å²) in [4.78, 5) is 12.3. The van der Waals surface area contributed by atoms with E-state index in [0.717, 1.165) is 29.8 Å². The summed E-state index contributed by atoms with van der Waals surface area (Å²) in [5.74, 6) is 0.736. The van der Waals surface area contributed by atoms with Gasteiger partial charge in [-0.05, 0) is 62.7 Å². The van der Waals surface area contributed by atoms with Gasteiger partial charge in [-0.3, -0.25) is 4.79 Å². The second-order valence-electron chi connectivity index (χ2n) is 5.84. The van der Waals surface area contributed by atoms with Gasteiger partial charge in [0.25, 0.3) is 5.91 Å². The molecule has 0 fully saturated rings. The Kier molecular flexibility index (Phi) is 6.71. The molecule has 1 atom stereocenters. The second kappa shape index (κ2) is 8.79. The summed E-state index contributed by atoms with van der Waals surface area (Å²) in [5, 5.41) is 2.77. The van der Waals surface area contributed by atoms with Crippen LogP contribution in [0, 0.1) is 0 Å². The summed E-state index contributed by atoms with van der Waals surface area (Å²) >= 11 is 0. The zero-order valence-corrected chi connectivity index (χ0v) is 15.4. The van der Waals surface area contributed by atoms with E-state index in [2.05, 4.69) is 5.32 Å². The van der Waals surface area contributed by atoms with Gasteiger partial charge in [0, 0.05) is 5.56 Å². The zero-order valence-electron chi connectivity index (χ0n) is 15.4. The van der Waals surface area contributed by atoms with Crippen molar-refractivity contribution in [1.29, 1.82) is 0 Å². The largest absolute Gasteiger partial charge is 0.490 e. The number of benzene rings is 2. The molecular formula is C20H22F3NO3. The average Bonchev–Trinajstić information content (AvgIpc) is 2.63. The van der Waals surface area contributed by atoms with Crippen LogP contribution in [0.1, 0.15) is 48.3 Å². The maximum absolute atomic E-state index is 12.6. The molecule has 2 aromatic rings. The van der Waals surface area contributed by atoms with Crippen LogP contribution in [0.25, 0.3) is 0 Å². The quantitative estimate of drug-likeness (QED) is 0.735. The van der Waals surface area contributed by atoms with E-state index >= 15 is 0 Å². The summed E-state index contributed by atoms with van der Waals surface area (Å²) in [5.41, 5.74) is 0.160. The van der Waals surface area contributed by atoms with Crippen molar-refractivity contribution in [3.05, 3.63) is 59.2 Å². The number of alkyl halides is 3. The van der Waals surface area contributed by atoms with Gasteiger partial charge in [0.1, 0.15) is 0 Å². The number of ether oxygens (including phenoxy) is 2. The highest BCUT2D eigenvalue weighted by Crippen LogP contribution is 2.31. The molecular weight excluding hydrogens is 359 g/mol. The molecule has 1 N–H and O–H groups in total. The molecule has 0 aliphatic heterocycles. The van der Waals surface area contributed by atoms with Gasteiger partial charge in [-0.2, -0.15) is 13.2 Å². The van der Waals surface area contributed by atoms with Gasteiger partial charge in [0.05, 0.1) is 24.8 Å². The molecule has 146 valence electrons. The maximum Gasteiger partial charge on any atom is 0.416 e. The van der Waals surface area contributed by atoms with Gasteiger partial charge in [-0.15, -0.1) is 0 Å². The van der Waals surface area contributed by atoms with Crippen LogP contribution in [0.15, 0.2) is 42.5 Å². The molecule has 4 nitrogen and oxygen atoms in total. The monoisotopic (exact) mass is 381 g/mol. The molecule has 0 aliphatic carbocycles. The third kappa shape index (κ3) is 5.39. The number of nitrogens with one attached hydrogen (secondary N) is 1. The predicted molar refractivity (Wildman–Crippen MR) is 96.1 cm³/mol. The fraction of sp³-hybridized carbons (Fsp3) is 0.350. The van der Waals surface area contributed by atoms with Gasteiger partial charge in [-0.1, -0.05) is 6.07 Å². The van der Waals surface area contributed by atoms with Crippen LogP contribution in [0.5, 0.6) is 11.5 Å². The molecule has 27 heavy (non-hydrogen) atoms. The number of carbonyl (C=O) groups is 1. The van der Waals surface area contributed by atoms with E-state index in [1.807, 2.05) is 19.9 Å². The zero-order chi connectivity index (χ0) is 20.0. The van der Waals surface area contributed by atoms with Crippen molar-refractivity contribution < 1.29 is 27.4 Å². The maximum atomic E-state index is 12.6. The molecule has 7 heteroatoms. The first-order valence-corrected chi connectivity index (χ1v) is 8.63. The number of amides is 1. The van der Waals surface area contributed by atoms with E-state index < -0.39 is 17.6 Å². The first-order valence-electron chi connectivity index (χ1n) is 8.63. The molecule has 0 unspecified atom stereocenters. The van der Waals surface area contributed by atoms with E-state index in [4.69, 9.17) is 9.47 Å². The second-order valence-corrected chi connectivity index (χ2v) is 5.84. The predicted octanol–water partition coefficient (Wildman–Crippen LogP) is 4.99. The van der Waals surface area contributed by atoms with Gasteiger partial charge in [0.15, 0.2) is 11.5 Å². The fourth-order valence-corrected chi connectivity index (χ4v) is 2.51. The Labute approximate surface area is 156 Å². The molecule has 0 aliphatic rings. The van der Waals surface area contributed by atoms with Crippen molar-refractivity contribution in [2.75, 3.05) is 13.2 Å². The Balaban J connectivity index is 2.12. The third-order valence-electron chi connectivity index (χ3n) is 3.89. The van der Waals surface area contributed by atoms with Gasteiger partial charge in [0.2, 0.25) is 0 Å². The number of rotatable bonds is 7. The summed E-state index contributed by atoms with van der Waals surface area (Å²) in [6.45, 7) is 6.48. The van der Waals surface area contributed by atoms with E-state index in [-0.39, 0.29) is 11.6 Å². The third-order valence-corrected chi connectivity index (χ3v) is 3.89. The van der Waals surface area contributed by atoms with Crippen LogP contribution >= 0.6 is 0 Å². The van der Waals surface area contributed by atoms with Crippen molar-refractivity contribution >= 4 is 5.91 Å². The normalized spacial score (nSPS) is 12.4. The fourth-order valence-electron chi connectivity index (χ4n) is 2.51. The number of hydrogen-bond acceptors (Lipinski definition) is 3. The highest BCUT2D eigenvalue weighted by atomic mass is 19.4. The number of halogens is 3. The summed E-state index contributed by atoms with van der Waals surface area (Å²) in [7, 11) is 0. The van der Waals surface area contributed by atoms with Crippen LogP contribution in [0.2, 0.25) is 0 Å².